The third-order valence-electron chi connectivity index (χ3n) is 2.50. The molecule has 1 heterocycles. The molecule has 0 amide bonds. The first kappa shape index (κ1) is 11.8. The maximum absolute atomic E-state index is 5.32. The van der Waals surface area contributed by atoms with E-state index in [1.165, 1.54) is 11.8 Å². The predicted molar refractivity (Wildman–Crippen MR) is 65.0 cm³/mol. The summed E-state index contributed by atoms with van der Waals surface area (Å²) in [5, 5.41) is 3.34. The van der Waals surface area contributed by atoms with Crippen molar-refractivity contribution < 1.29 is 14.2 Å². The van der Waals surface area contributed by atoms with Gasteiger partial charge < -0.3 is 19.5 Å². The van der Waals surface area contributed by atoms with Crippen LogP contribution in [0, 0.1) is 0 Å². The number of nitrogens with one attached hydrogen (secondary N) is 1. The predicted octanol–water partition coefficient (Wildman–Crippen LogP) is 2.06. The summed E-state index contributed by atoms with van der Waals surface area (Å²) in [4.78, 5) is 0. The van der Waals surface area contributed by atoms with Gasteiger partial charge in [0.1, 0.15) is 0 Å². The van der Waals surface area contributed by atoms with Gasteiger partial charge in [-0.1, -0.05) is 12.6 Å². The molecule has 2 rings (SSSR count). The molecular weight excluding hydrogens is 218 g/mol. The van der Waals surface area contributed by atoms with E-state index < -0.39 is 0 Å². The minimum Gasteiger partial charge on any atom is -0.502 e. The Morgan fingerprint density at radius 1 is 1.35 bits per heavy atom. The van der Waals surface area contributed by atoms with Crippen LogP contribution in [-0.4, -0.2) is 19.9 Å². The monoisotopic (exact) mass is 235 g/mol. The molecule has 1 aromatic carbocycles. The van der Waals surface area contributed by atoms with Crippen molar-refractivity contribution in [2.24, 2.45) is 0 Å². The lowest BCUT2D eigenvalue weighted by Gasteiger charge is -2.05. The van der Waals surface area contributed by atoms with E-state index in [-0.39, 0.29) is 0 Å². The summed E-state index contributed by atoms with van der Waals surface area (Å²) >= 11 is 0. The molecule has 92 valence electrons. The van der Waals surface area contributed by atoms with E-state index in [0.717, 1.165) is 31.0 Å². The van der Waals surface area contributed by atoms with Crippen molar-refractivity contribution in [3.05, 3.63) is 36.6 Å². The molecule has 17 heavy (non-hydrogen) atoms. The zero-order valence-electron chi connectivity index (χ0n) is 9.78. The first-order chi connectivity index (χ1) is 8.40. The van der Waals surface area contributed by atoms with Gasteiger partial charge >= 0.3 is 0 Å². The molecule has 0 bridgehead atoms. The molecule has 0 spiro atoms. The maximum Gasteiger partial charge on any atom is 0.231 e. The van der Waals surface area contributed by atoms with Crippen molar-refractivity contribution in [1.82, 2.24) is 5.32 Å². The van der Waals surface area contributed by atoms with Gasteiger partial charge in [-0.05, 0) is 30.7 Å². The Morgan fingerprint density at radius 3 is 3.12 bits per heavy atom. The SMILES string of the molecule is C=COCCCNCc1ccc2c(c1)OCO2. The summed E-state index contributed by atoms with van der Waals surface area (Å²) in [6, 6.07) is 6.00. The van der Waals surface area contributed by atoms with Crippen LogP contribution in [0.4, 0.5) is 0 Å². The largest absolute Gasteiger partial charge is 0.502 e. The van der Waals surface area contributed by atoms with Gasteiger partial charge in [-0.15, -0.1) is 0 Å². The van der Waals surface area contributed by atoms with Crippen LogP contribution in [0.3, 0.4) is 0 Å². The summed E-state index contributed by atoms with van der Waals surface area (Å²) in [5.41, 5.74) is 1.19. The van der Waals surface area contributed by atoms with Crippen LogP contribution in [0.15, 0.2) is 31.0 Å². The van der Waals surface area contributed by atoms with Gasteiger partial charge in [-0.2, -0.15) is 0 Å². The quantitative estimate of drug-likeness (QED) is 0.580. The second-order valence-corrected chi connectivity index (χ2v) is 3.76. The molecular formula is C13H17NO3. The standard InChI is InChI=1S/C13H17NO3/c1-2-15-7-3-6-14-9-11-4-5-12-13(8-11)17-10-16-12/h2,4-5,8,14H,1,3,6-7,9-10H2. The molecule has 4 heteroatoms. The van der Waals surface area contributed by atoms with Crippen LogP contribution in [0.25, 0.3) is 0 Å². The maximum atomic E-state index is 5.32. The Labute approximate surface area is 101 Å². The van der Waals surface area contributed by atoms with Gasteiger partial charge in [-0.3, -0.25) is 0 Å². The van der Waals surface area contributed by atoms with E-state index in [4.69, 9.17) is 14.2 Å². The van der Waals surface area contributed by atoms with Crippen molar-refractivity contribution in [1.29, 1.82) is 0 Å². The second kappa shape index (κ2) is 6.15. The van der Waals surface area contributed by atoms with E-state index in [1.54, 1.807) is 0 Å². The topological polar surface area (TPSA) is 39.7 Å². The molecule has 1 N–H and O–H groups in total. The average Bonchev–Trinajstić information content (AvgIpc) is 2.81. The lowest BCUT2D eigenvalue weighted by Crippen LogP contribution is -2.15. The highest BCUT2D eigenvalue weighted by molar-refractivity contribution is 5.44. The summed E-state index contributed by atoms with van der Waals surface area (Å²) in [7, 11) is 0. The normalized spacial score (nSPS) is 12.5. The Hall–Kier alpha value is -1.68. The number of hydrogen-bond acceptors (Lipinski definition) is 4. The highest BCUT2D eigenvalue weighted by Gasteiger charge is 2.12. The number of benzene rings is 1. The third kappa shape index (κ3) is 3.39. The first-order valence-corrected chi connectivity index (χ1v) is 5.72. The zero-order chi connectivity index (χ0) is 11.9. The molecule has 1 aliphatic rings. The van der Waals surface area contributed by atoms with Crippen molar-refractivity contribution in [3.8, 4) is 11.5 Å². The van der Waals surface area contributed by atoms with Gasteiger partial charge in [-0.25, -0.2) is 0 Å². The van der Waals surface area contributed by atoms with E-state index in [2.05, 4.69) is 11.9 Å². The zero-order valence-corrected chi connectivity index (χ0v) is 9.78. The van der Waals surface area contributed by atoms with Gasteiger partial charge in [0.15, 0.2) is 11.5 Å². The van der Waals surface area contributed by atoms with Crippen LogP contribution >= 0.6 is 0 Å². The fourth-order valence-corrected chi connectivity index (χ4v) is 1.65. The molecule has 0 saturated heterocycles. The first-order valence-electron chi connectivity index (χ1n) is 5.72. The highest BCUT2D eigenvalue weighted by atomic mass is 16.7. The van der Waals surface area contributed by atoms with Crippen molar-refractivity contribution in [2.75, 3.05) is 19.9 Å². The smallest absolute Gasteiger partial charge is 0.231 e. The number of fused-ring (bicyclic) bond motifs is 1. The Kier molecular flexibility index (Phi) is 4.27. The van der Waals surface area contributed by atoms with Crippen molar-refractivity contribution in [3.63, 3.8) is 0 Å². The highest BCUT2D eigenvalue weighted by Crippen LogP contribution is 2.32. The van der Waals surface area contributed by atoms with Crippen LogP contribution in [-0.2, 0) is 11.3 Å². The fraction of sp³-hybridized carbons (Fsp3) is 0.385. The molecule has 0 saturated carbocycles. The molecule has 4 nitrogen and oxygen atoms in total. The third-order valence-corrected chi connectivity index (χ3v) is 2.50. The van der Waals surface area contributed by atoms with Crippen molar-refractivity contribution >= 4 is 0 Å². The Balaban J connectivity index is 1.70. The van der Waals surface area contributed by atoms with E-state index in [1.807, 2.05) is 18.2 Å². The summed E-state index contributed by atoms with van der Waals surface area (Å²) in [6.45, 7) is 6.26. The van der Waals surface area contributed by atoms with Gasteiger partial charge in [0, 0.05) is 6.54 Å². The summed E-state index contributed by atoms with van der Waals surface area (Å²) in [5.74, 6) is 1.66. The van der Waals surface area contributed by atoms with Crippen LogP contribution in [0.1, 0.15) is 12.0 Å². The van der Waals surface area contributed by atoms with Gasteiger partial charge in [0.05, 0.1) is 12.9 Å². The minimum atomic E-state index is 0.325. The van der Waals surface area contributed by atoms with Gasteiger partial charge in [0.25, 0.3) is 0 Å². The molecule has 1 aliphatic heterocycles. The molecule has 0 unspecified atom stereocenters. The van der Waals surface area contributed by atoms with Gasteiger partial charge in [0.2, 0.25) is 6.79 Å². The number of hydrogen-bond donors (Lipinski definition) is 1. The minimum absolute atomic E-state index is 0.325. The molecule has 0 aromatic heterocycles. The molecule has 1 aromatic rings. The Morgan fingerprint density at radius 2 is 2.24 bits per heavy atom. The van der Waals surface area contributed by atoms with E-state index in [9.17, 15) is 0 Å². The number of ether oxygens (including phenoxy) is 3. The van der Waals surface area contributed by atoms with Crippen LogP contribution < -0.4 is 14.8 Å². The summed E-state index contributed by atoms with van der Waals surface area (Å²) < 4.78 is 15.6. The van der Waals surface area contributed by atoms with E-state index >= 15 is 0 Å². The van der Waals surface area contributed by atoms with Crippen LogP contribution in [0.5, 0.6) is 11.5 Å². The van der Waals surface area contributed by atoms with E-state index in [0.29, 0.717) is 13.4 Å². The second-order valence-electron chi connectivity index (χ2n) is 3.76. The average molecular weight is 235 g/mol. The lowest BCUT2D eigenvalue weighted by atomic mass is 10.2. The van der Waals surface area contributed by atoms with Crippen LogP contribution in [0.2, 0.25) is 0 Å². The molecule has 0 aliphatic carbocycles. The molecule has 0 atom stereocenters. The Bertz CT molecular complexity index is 379. The fourth-order valence-electron chi connectivity index (χ4n) is 1.65. The van der Waals surface area contributed by atoms with Crippen molar-refractivity contribution in [2.45, 2.75) is 13.0 Å². The lowest BCUT2D eigenvalue weighted by molar-refractivity contribution is 0.174. The molecule has 0 fully saturated rings. The number of rotatable bonds is 7. The molecule has 0 radical (unpaired) electrons. The summed E-state index contributed by atoms with van der Waals surface area (Å²) in [6.07, 6.45) is 2.44.